The van der Waals surface area contributed by atoms with Gasteiger partial charge in [-0.25, -0.2) is 0 Å². The van der Waals surface area contributed by atoms with E-state index in [1.54, 1.807) is 20.3 Å². The molecule has 2 amide bonds. The minimum absolute atomic E-state index is 0.0165. The molecule has 6 heteroatoms. The van der Waals surface area contributed by atoms with Crippen molar-refractivity contribution in [3.8, 4) is 11.5 Å². The molecule has 0 bridgehead atoms. The molecular weight excluding hydrogens is 272 g/mol. The van der Waals surface area contributed by atoms with Crippen LogP contribution >= 0.6 is 0 Å². The van der Waals surface area contributed by atoms with Gasteiger partial charge in [-0.15, -0.1) is 0 Å². The van der Waals surface area contributed by atoms with Crippen LogP contribution in [-0.4, -0.2) is 32.6 Å². The highest BCUT2D eigenvalue weighted by Gasteiger charge is 2.29. The highest BCUT2D eigenvalue weighted by atomic mass is 16.5. The fourth-order valence-electron chi connectivity index (χ4n) is 1.91. The molecule has 114 valence electrons. The number of methoxy groups -OCH3 is 2. The highest BCUT2D eigenvalue weighted by Crippen LogP contribution is 2.28. The van der Waals surface area contributed by atoms with Crippen molar-refractivity contribution in [1.29, 1.82) is 0 Å². The van der Waals surface area contributed by atoms with Gasteiger partial charge in [-0.05, 0) is 30.5 Å². The molecule has 1 aliphatic rings. The average molecular weight is 292 g/mol. The van der Waals surface area contributed by atoms with E-state index >= 15 is 0 Å². The Kier molecular flexibility index (Phi) is 5.03. The quantitative estimate of drug-likeness (QED) is 0.781. The topological polar surface area (TPSA) is 76.7 Å². The molecule has 0 heterocycles. The summed E-state index contributed by atoms with van der Waals surface area (Å²) in [6, 6.07) is 5.45. The lowest BCUT2D eigenvalue weighted by Gasteiger charge is -2.10. The van der Waals surface area contributed by atoms with E-state index in [0.29, 0.717) is 18.0 Å². The van der Waals surface area contributed by atoms with E-state index in [1.807, 2.05) is 12.1 Å². The Morgan fingerprint density at radius 2 is 1.86 bits per heavy atom. The van der Waals surface area contributed by atoms with Crippen LogP contribution in [0.4, 0.5) is 0 Å². The maximum atomic E-state index is 11.7. The Morgan fingerprint density at radius 3 is 2.48 bits per heavy atom. The van der Waals surface area contributed by atoms with Gasteiger partial charge in [-0.3, -0.25) is 9.59 Å². The van der Waals surface area contributed by atoms with Gasteiger partial charge in [0.2, 0.25) is 11.8 Å². The van der Waals surface area contributed by atoms with Gasteiger partial charge in [0.15, 0.2) is 11.5 Å². The van der Waals surface area contributed by atoms with Gasteiger partial charge in [0.05, 0.1) is 20.8 Å². The van der Waals surface area contributed by atoms with Gasteiger partial charge in [-0.2, -0.15) is 0 Å². The van der Waals surface area contributed by atoms with Crippen molar-refractivity contribution < 1.29 is 19.1 Å². The summed E-state index contributed by atoms with van der Waals surface area (Å²) in [6.07, 6.45) is 1.86. The molecule has 0 unspecified atom stereocenters. The second kappa shape index (κ2) is 6.97. The molecule has 1 aromatic rings. The van der Waals surface area contributed by atoms with Crippen LogP contribution in [-0.2, 0) is 16.1 Å². The molecule has 21 heavy (non-hydrogen) atoms. The first-order chi connectivity index (χ1) is 10.1. The lowest BCUT2D eigenvalue weighted by molar-refractivity contribution is -0.126. The van der Waals surface area contributed by atoms with Crippen LogP contribution in [0, 0.1) is 5.92 Å². The van der Waals surface area contributed by atoms with Gasteiger partial charge in [0, 0.05) is 12.5 Å². The fourth-order valence-corrected chi connectivity index (χ4v) is 1.91. The van der Waals surface area contributed by atoms with E-state index in [0.717, 1.165) is 18.4 Å². The van der Waals surface area contributed by atoms with Crippen LogP contribution in [0.2, 0.25) is 0 Å². The summed E-state index contributed by atoms with van der Waals surface area (Å²) in [7, 11) is 3.13. The lowest BCUT2D eigenvalue weighted by Crippen LogP contribution is -2.37. The zero-order valence-corrected chi connectivity index (χ0v) is 12.3. The Balaban J connectivity index is 1.78. The number of nitrogens with one attached hydrogen (secondary N) is 2. The second-order valence-electron chi connectivity index (χ2n) is 4.96. The number of amides is 2. The first-order valence-corrected chi connectivity index (χ1v) is 6.89. The smallest absolute Gasteiger partial charge is 0.239 e. The number of benzene rings is 1. The molecule has 0 saturated heterocycles. The Morgan fingerprint density at radius 1 is 1.14 bits per heavy atom. The average Bonchev–Trinajstić information content (AvgIpc) is 3.35. The number of carbonyl (C=O) groups is 2. The molecule has 2 rings (SSSR count). The van der Waals surface area contributed by atoms with Crippen LogP contribution < -0.4 is 20.1 Å². The molecule has 1 aromatic carbocycles. The summed E-state index contributed by atoms with van der Waals surface area (Å²) in [4.78, 5) is 23.1. The first kappa shape index (κ1) is 15.2. The third-order valence-electron chi connectivity index (χ3n) is 3.31. The third kappa shape index (κ3) is 4.37. The Hall–Kier alpha value is -2.24. The first-order valence-electron chi connectivity index (χ1n) is 6.89. The standard InChI is InChI=1S/C15H20N2O4/c1-20-12-6-3-10(7-13(12)21-2)8-16-14(18)9-17-15(19)11-4-5-11/h3,6-7,11H,4-5,8-9H2,1-2H3,(H,16,18)(H,17,19). The molecule has 0 radical (unpaired) electrons. The molecule has 1 fully saturated rings. The van der Waals surface area contributed by atoms with Gasteiger partial charge in [-0.1, -0.05) is 6.07 Å². The predicted octanol–water partition coefficient (Wildman–Crippen LogP) is 0.846. The van der Waals surface area contributed by atoms with Crippen molar-refractivity contribution in [2.75, 3.05) is 20.8 Å². The van der Waals surface area contributed by atoms with Crippen molar-refractivity contribution in [1.82, 2.24) is 10.6 Å². The number of ether oxygens (including phenoxy) is 2. The number of carbonyl (C=O) groups excluding carboxylic acids is 2. The second-order valence-corrected chi connectivity index (χ2v) is 4.96. The normalized spacial score (nSPS) is 13.4. The van der Waals surface area contributed by atoms with Gasteiger partial charge in [0.1, 0.15) is 0 Å². The van der Waals surface area contributed by atoms with Crippen molar-refractivity contribution in [3.63, 3.8) is 0 Å². The van der Waals surface area contributed by atoms with Crippen molar-refractivity contribution in [3.05, 3.63) is 23.8 Å². The monoisotopic (exact) mass is 292 g/mol. The molecule has 0 spiro atoms. The summed E-state index contributed by atoms with van der Waals surface area (Å²) in [5.41, 5.74) is 0.898. The van der Waals surface area contributed by atoms with Crippen LogP contribution in [0.15, 0.2) is 18.2 Å². The third-order valence-corrected chi connectivity index (χ3v) is 3.31. The fraction of sp³-hybridized carbons (Fsp3) is 0.467. The van der Waals surface area contributed by atoms with Crippen molar-refractivity contribution >= 4 is 11.8 Å². The van der Waals surface area contributed by atoms with Crippen LogP contribution in [0.1, 0.15) is 18.4 Å². The predicted molar refractivity (Wildman–Crippen MR) is 77.1 cm³/mol. The van der Waals surface area contributed by atoms with Crippen LogP contribution in [0.25, 0.3) is 0 Å². The summed E-state index contributed by atoms with van der Waals surface area (Å²) < 4.78 is 10.4. The highest BCUT2D eigenvalue weighted by molar-refractivity contribution is 5.86. The summed E-state index contributed by atoms with van der Waals surface area (Å²) in [6.45, 7) is 0.390. The van der Waals surface area contributed by atoms with Gasteiger partial charge in [0.25, 0.3) is 0 Å². The molecule has 0 atom stereocenters. The van der Waals surface area contributed by atoms with E-state index in [2.05, 4.69) is 10.6 Å². The Labute approximate surface area is 123 Å². The number of hydrogen-bond acceptors (Lipinski definition) is 4. The number of rotatable bonds is 7. The van der Waals surface area contributed by atoms with E-state index in [4.69, 9.17) is 9.47 Å². The molecular formula is C15H20N2O4. The van der Waals surface area contributed by atoms with E-state index in [9.17, 15) is 9.59 Å². The molecule has 1 saturated carbocycles. The Bertz CT molecular complexity index is 526. The lowest BCUT2D eigenvalue weighted by atomic mass is 10.2. The zero-order chi connectivity index (χ0) is 15.2. The molecule has 6 nitrogen and oxygen atoms in total. The summed E-state index contributed by atoms with van der Waals surface area (Å²) >= 11 is 0. The number of hydrogen-bond donors (Lipinski definition) is 2. The van der Waals surface area contributed by atoms with Gasteiger partial charge < -0.3 is 20.1 Å². The maximum Gasteiger partial charge on any atom is 0.239 e. The molecule has 2 N–H and O–H groups in total. The summed E-state index contributed by atoms with van der Waals surface area (Å²) in [5.74, 6) is 1.13. The maximum absolute atomic E-state index is 11.7. The molecule has 1 aliphatic carbocycles. The van der Waals surface area contributed by atoms with Crippen LogP contribution in [0.5, 0.6) is 11.5 Å². The largest absolute Gasteiger partial charge is 0.493 e. The van der Waals surface area contributed by atoms with E-state index < -0.39 is 0 Å². The van der Waals surface area contributed by atoms with Gasteiger partial charge >= 0.3 is 0 Å². The molecule has 0 aliphatic heterocycles. The zero-order valence-electron chi connectivity index (χ0n) is 12.3. The SMILES string of the molecule is COc1ccc(CNC(=O)CNC(=O)C2CC2)cc1OC. The van der Waals surface area contributed by atoms with Crippen molar-refractivity contribution in [2.45, 2.75) is 19.4 Å². The van der Waals surface area contributed by atoms with E-state index in [1.165, 1.54) is 0 Å². The van der Waals surface area contributed by atoms with Crippen molar-refractivity contribution in [2.24, 2.45) is 5.92 Å². The summed E-state index contributed by atoms with van der Waals surface area (Å²) in [5, 5.41) is 5.38. The van der Waals surface area contributed by atoms with E-state index in [-0.39, 0.29) is 24.3 Å². The minimum atomic E-state index is -0.209. The molecule has 0 aromatic heterocycles. The minimum Gasteiger partial charge on any atom is -0.493 e. The van der Waals surface area contributed by atoms with Crippen LogP contribution in [0.3, 0.4) is 0 Å².